The van der Waals surface area contributed by atoms with E-state index in [1.807, 2.05) is 12.1 Å². The topological polar surface area (TPSA) is 117 Å². The van der Waals surface area contributed by atoms with Crippen LogP contribution in [-0.4, -0.2) is 42.7 Å². The molecule has 150 valence electrons. The Labute approximate surface area is 166 Å². The summed E-state index contributed by atoms with van der Waals surface area (Å²) in [6.45, 7) is 0.0412. The van der Waals surface area contributed by atoms with Gasteiger partial charge in [0, 0.05) is 18.2 Å². The molecule has 0 aromatic heterocycles. The van der Waals surface area contributed by atoms with Crippen LogP contribution >= 0.6 is 0 Å². The van der Waals surface area contributed by atoms with Gasteiger partial charge in [0.25, 0.3) is 11.6 Å². The Morgan fingerprint density at radius 1 is 1.21 bits per heavy atom. The number of hydrogen-bond donors (Lipinski definition) is 1. The first-order valence-electron chi connectivity index (χ1n) is 8.76. The maximum absolute atomic E-state index is 11.8. The van der Waals surface area contributed by atoms with Crippen LogP contribution in [0.1, 0.15) is 5.56 Å². The summed E-state index contributed by atoms with van der Waals surface area (Å²) in [7, 11) is 0. The van der Waals surface area contributed by atoms with E-state index in [2.05, 4.69) is 5.32 Å². The zero-order chi connectivity index (χ0) is 20.6. The number of ether oxygens (including phenoxy) is 3. The van der Waals surface area contributed by atoms with Crippen molar-refractivity contribution in [2.45, 2.75) is 6.10 Å². The molecule has 1 N–H and O–H groups in total. The number of nitro groups is 1. The van der Waals surface area contributed by atoms with Crippen molar-refractivity contribution >= 4 is 23.6 Å². The number of amides is 1. The largest absolute Gasteiger partial charge is 0.486 e. The molecule has 2 aromatic rings. The fourth-order valence-corrected chi connectivity index (χ4v) is 2.53. The van der Waals surface area contributed by atoms with Crippen LogP contribution in [0.3, 0.4) is 0 Å². The van der Waals surface area contributed by atoms with Crippen molar-refractivity contribution in [1.82, 2.24) is 5.32 Å². The summed E-state index contributed by atoms with van der Waals surface area (Å²) >= 11 is 0. The summed E-state index contributed by atoms with van der Waals surface area (Å²) in [5.41, 5.74) is 0.381. The van der Waals surface area contributed by atoms with E-state index in [4.69, 9.17) is 14.2 Å². The Kier molecular flexibility index (Phi) is 6.41. The second-order valence-corrected chi connectivity index (χ2v) is 6.09. The Morgan fingerprint density at radius 2 is 2.00 bits per heavy atom. The molecule has 1 aliphatic heterocycles. The van der Waals surface area contributed by atoms with E-state index in [9.17, 15) is 19.7 Å². The van der Waals surface area contributed by atoms with E-state index in [1.54, 1.807) is 18.2 Å². The molecule has 1 atom stereocenters. The van der Waals surface area contributed by atoms with E-state index in [-0.39, 0.29) is 18.3 Å². The number of nitro benzene ring substituents is 1. The highest BCUT2D eigenvalue weighted by Gasteiger charge is 2.21. The van der Waals surface area contributed by atoms with E-state index >= 15 is 0 Å². The standard InChI is InChI=1S/C20H18N2O7/c23-19(21-11-16-12-27-17-6-1-2-7-18(17)29-16)13-28-20(24)9-8-14-4-3-5-15(10-14)22(25)26/h1-10,16H,11-13H2,(H,21,23)/b9-8+/t16-/m0/s1. The number of benzene rings is 2. The number of para-hydroxylation sites is 2. The van der Waals surface area contributed by atoms with E-state index in [0.29, 0.717) is 23.7 Å². The smallest absolute Gasteiger partial charge is 0.331 e. The predicted octanol–water partition coefficient (Wildman–Crippen LogP) is 2.11. The minimum Gasteiger partial charge on any atom is -0.486 e. The van der Waals surface area contributed by atoms with Gasteiger partial charge in [-0.25, -0.2) is 4.79 Å². The van der Waals surface area contributed by atoms with Crippen molar-refractivity contribution in [3.63, 3.8) is 0 Å². The third-order valence-electron chi connectivity index (χ3n) is 3.93. The molecule has 0 unspecified atom stereocenters. The summed E-state index contributed by atoms with van der Waals surface area (Å²) in [6.07, 6.45) is 2.12. The fourth-order valence-electron chi connectivity index (χ4n) is 2.53. The van der Waals surface area contributed by atoms with Gasteiger partial charge in [0.05, 0.1) is 11.5 Å². The van der Waals surface area contributed by atoms with Crippen molar-refractivity contribution in [3.8, 4) is 11.5 Å². The third kappa shape index (κ3) is 5.80. The molecule has 0 aliphatic carbocycles. The predicted molar refractivity (Wildman–Crippen MR) is 102 cm³/mol. The van der Waals surface area contributed by atoms with Crippen molar-refractivity contribution < 1.29 is 28.7 Å². The number of non-ortho nitro benzene ring substituents is 1. The molecule has 0 saturated heterocycles. The van der Waals surface area contributed by atoms with Gasteiger partial charge in [0.1, 0.15) is 12.7 Å². The van der Waals surface area contributed by atoms with Gasteiger partial charge < -0.3 is 19.5 Å². The molecular weight excluding hydrogens is 380 g/mol. The van der Waals surface area contributed by atoms with Crippen molar-refractivity contribution in [2.24, 2.45) is 0 Å². The van der Waals surface area contributed by atoms with Crippen LogP contribution in [0.4, 0.5) is 5.69 Å². The van der Waals surface area contributed by atoms with Gasteiger partial charge >= 0.3 is 5.97 Å². The van der Waals surface area contributed by atoms with Gasteiger partial charge in [-0.3, -0.25) is 14.9 Å². The first-order chi connectivity index (χ1) is 14.0. The second kappa shape index (κ2) is 9.36. The SMILES string of the molecule is O=C(COC(=O)/C=C/c1cccc([N+](=O)[O-])c1)NC[C@H]1COc2ccccc2O1. The minimum atomic E-state index is -0.738. The first kappa shape index (κ1) is 19.9. The number of nitrogens with one attached hydrogen (secondary N) is 1. The summed E-state index contributed by atoms with van der Waals surface area (Å²) in [4.78, 5) is 33.8. The normalized spacial score (nSPS) is 15.0. The lowest BCUT2D eigenvalue weighted by Crippen LogP contribution is -2.42. The van der Waals surface area contributed by atoms with Gasteiger partial charge in [-0.05, 0) is 23.8 Å². The average Bonchev–Trinajstić information content (AvgIpc) is 2.74. The highest BCUT2D eigenvalue weighted by molar-refractivity contribution is 5.89. The van der Waals surface area contributed by atoms with Crippen LogP contribution in [0.25, 0.3) is 6.08 Å². The molecule has 3 rings (SSSR count). The van der Waals surface area contributed by atoms with Crippen LogP contribution < -0.4 is 14.8 Å². The molecule has 1 aliphatic rings. The molecule has 0 fully saturated rings. The van der Waals surface area contributed by atoms with E-state index < -0.39 is 23.4 Å². The Balaban J connectivity index is 1.40. The molecule has 2 aromatic carbocycles. The summed E-state index contributed by atoms with van der Waals surface area (Å²) in [5, 5.41) is 13.3. The van der Waals surface area contributed by atoms with Crippen molar-refractivity contribution in [1.29, 1.82) is 0 Å². The van der Waals surface area contributed by atoms with Crippen LogP contribution in [-0.2, 0) is 14.3 Å². The molecule has 0 spiro atoms. The average molecular weight is 398 g/mol. The molecular formula is C20H18N2O7. The number of carbonyl (C=O) groups is 2. The van der Waals surface area contributed by atoms with Crippen LogP contribution in [0.15, 0.2) is 54.6 Å². The summed E-state index contributed by atoms with van der Waals surface area (Å²) < 4.78 is 16.1. The molecule has 0 saturated carbocycles. The quantitative estimate of drug-likeness (QED) is 0.328. The van der Waals surface area contributed by atoms with Crippen molar-refractivity contribution in [2.75, 3.05) is 19.8 Å². The second-order valence-electron chi connectivity index (χ2n) is 6.09. The molecule has 1 amide bonds. The number of fused-ring (bicyclic) bond motifs is 1. The number of rotatable bonds is 7. The maximum Gasteiger partial charge on any atom is 0.331 e. The number of nitrogens with zero attached hydrogens (tertiary/aromatic N) is 1. The van der Waals surface area contributed by atoms with E-state index in [1.165, 1.54) is 24.3 Å². The number of hydrogen-bond acceptors (Lipinski definition) is 7. The highest BCUT2D eigenvalue weighted by atomic mass is 16.6. The lowest BCUT2D eigenvalue weighted by atomic mass is 10.2. The van der Waals surface area contributed by atoms with Crippen LogP contribution in [0.2, 0.25) is 0 Å². The zero-order valence-electron chi connectivity index (χ0n) is 15.3. The molecule has 9 heteroatoms. The molecule has 0 bridgehead atoms. The van der Waals surface area contributed by atoms with Crippen LogP contribution in [0, 0.1) is 10.1 Å². The number of carbonyl (C=O) groups excluding carboxylic acids is 2. The fraction of sp³-hybridized carbons (Fsp3) is 0.200. The van der Waals surface area contributed by atoms with Gasteiger partial charge in [-0.2, -0.15) is 0 Å². The third-order valence-corrected chi connectivity index (χ3v) is 3.93. The van der Waals surface area contributed by atoms with Crippen molar-refractivity contribution in [3.05, 3.63) is 70.3 Å². The molecule has 29 heavy (non-hydrogen) atoms. The summed E-state index contributed by atoms with van der Waals surface area (Å²) in [6, 6.07) is 13.0. The lowest BCUT2D eigenvalue weighted by molar-refractivity contribution is -0.384. The highest BCUT2D eigenvalue weighted by Crippen LogP contribution is 2.30. The van der Waals surface area contributed by atoms with E-state index in [0.717, 1.165) is 6.08 Å². The number of esters is 1. The minimum absolute atomic E-state index is 0.0866. The monoisotopic (exact) mass is 398 g/mol. The molecule has 1 heterocycles. The summed E-state index contributed by atoms with van der Waals surface area (Å²) in [5.74, 6) is 0.0395. The van der Waals surface area contributed by atoms with Gasteiger partial charge in [0.15, 0.2) is 18.1 Å². The maximum atomic E-state index is 11.8. The Hall–Kier alpha value is -3.88. The van der Waals surface area contributed by atoms with Crippen LogP contribution in [0.5, 0.6) is 11.5 Å². The van der Waals surface area contributed by atoms with Gasteiger partial charge in [0.2, 0.25) is 0 Å². The lowest BCUT2D eigenvalue weighted by Gasteiger charge is -2.26. The zero-order valence-corrected chi connectivity index (χ0v) is 15.3. The van der Waals surface area contributed by atoms with Gasteiger partial charge in [-0.1, -0.05) is 24.3 Å². The first-order valence-corrected chi connectivity index (χ1v) is 8.76. The molecule has 9 nitrogen and oxygen atoms in total. The Bertz CT molecular complexity index is 942. The Morgan fingerprint density at radius 3 is 2.79 bits per heavy atom. The molecule has 0 radical (unpaired) electrons. The van der Waals surface area contributed by atoms with Gasteiger partial charge in [-0.15, -0.1) is 0 Å².